The third-order valence-electron chi connectivity index (χ3n) is 6.17. The fraction of sp³-hybridized carbons (Fsp3) is 0.895. The van der Waals surface area contributed by atoms with E-state index < -0.39 is 16.3 Å². The molecule has 1 fully saturated rings. The Morgan fingerprint density at radius 2 is 1.36 bits per heavy atom. The van der Waals surface area contributed by atoms with Crippen molar-refractivity contribution >= 4 is 16.3 Å². The van der Waals surface area contributed by atoms with Crippen molar-refractivity contribution in [1.82, 2.24) is 4.57 Å². The summed E-state index contributed by atoms with van der Waals surface area (Å²) in [5, 5.41) is 0. The van der Waals surface area contributed by atoms with E-state index >= 15 is 0 Å². The molecule has 1 nitrogen and oxygen atoms in total. The highest BCUT2D eigenvalue weighted by atomic mass is 28.3. The number of nitrogens with zero attached hydrogens (tertiary/aromatic N) is 1. The molecular formula is C19H41NSi2. The molecule has 0 aromatic rings. The molecular weight excluding hydrogens is 298 g/mol. The van der Waals surface area contributed by atoms with Gasteiger partial charge in [-0.05, 0) is 35.6 Å². The molecule has 1 aliphatic rings. The smallest absolute Gasteiger partial charge is 0.136 e. The summed E-state index contributed by atoms with van der Waals surface area (Å²) in [6.07, 6.45) is 7.08. The Kier molecular flexibility index (Phi) is 7.16. The van der Waals surface area contributed by atoms with Gasteiger partial charge in [0.2, 0.25) is 0 Å². The third-order valence-corrected chi connectivity index (χ3v) is 15.8. The quantitative estimate of drug-likeness (QED) is 0.464. The molecule has 0 heterocycles. The van der Waals surface area contributed by atoms with Crippen molar-refractivity contribution in [2.75, 3.05) is 6.17 Å². The Balaban J connectivity index is 3.32. The molecule has 0 radical (unpaired) electrons. The molecule has 1 aliphatic carbocycles. The predicted octanol–water partition coefficient (Wildman–Crippen LogP) is 6.38. The first kappa shape index (κ1) is 20.2. The number of hydrogen-bond donors (Lipinski definition) is 0. The summed E-state index contributed by atoms with van der Waals surface area (Å²) in [6, 6.07) is 0.852. The van der Waals surface area contributed by atoms with Gasteiger partial charge in [0.25, 0.3) is 0 Å². The lowest BCUT2D eigenvalue weighted by Crippen LogP contribution is -2.66. The second-order valence-corrected chi connectivity index (χ2v) is 19.6. The summed E-state index contributed by atoms with van der Waals surface area (Å²) >= 11 is 0. The fourth-order valence-electron chi connectivity index (χ4n) is 5.30. The van der Waals surface area contributed by atoms with Crippen molar-refractivity contribution < 1.29 is 0 Å². The van der Waals surface area contributed by atoms with Gasteiger partial charge >= 0.3 is 0 Å². The van der Waals surface area contributed by atoms with E-state index in [0.29, 0.717) is 0 Å². The molecule has 0 unspecified atom stereocenters. The highest BCUT2D eigenvalue weighted by Gasteiger charge is 2.51. The molecule has 0 aromatic carbocycles. The van der Waals surface area contributed by atoms with Crippen LogP contribution in [0, 0.1) is 0 Å². The molecule has 0 N–H and O–H groups in total. The largest absolute Gasteiger partial charge is 0.322 e. The maximum atomic E-state index is 4.18. The van der Waals surface area contributed by atoms with Gasteiger partial charge in [-0.3, -0.25) is 0 Å². The highest BCUT2D eigenvalue weighted by Crippen LogP contribution is 2.47. The van der Waals surface area contributed by atoms with Crippen molar-refractivity contribution in [2.45, 2.75) is 103 Å². The number of rotatable bonds is 8. The highest BCUT2D eigenvalue weighted by molar-refractivity contribution is 6.86. The van der Waals surface area contributed by atoms with Gasteiger partial charge in [-0.25, -0.2) is 0 Å². The maximum absolute atomic E-state index is 4.18. The van der Waals surface area contributed by atoms with Gasteiger partial charge in [0.1, 0.15) is 8.24 Å². The van der Waals surface area contributed by atoms with Gasteiger partial charge in [-0.2, -0.15) is 0 Å². The van der Waals surface area contributed by atoms with Crippen LogP contribution in [0.4, 0.5) is 0 Å². The van der Waals surface area contributed by atoms with Crippen LogP contribution in [0.15, 0.2) is 12.3 Å². The van der Waals surface area contributed by atoms with Crippen molar-refractivity contribution in [3.8, 4) is 0 Å². The molecule has 0 atom stereocenters. The summed E-state index contributed by atoms with van der Waals surface area (Å²) in [7, 11) is -2.86. The summed E-state index contributed by atoms with van der Waals surface area (Å²) < 4.78 is 3.12. The first-order chi connectivity index (χ1) is 10.1. The number of hydrogen-bond acceptors (Lipinski definition) is 1. The average Bonchev–Trinajstić information content (AvgIpc) is 2.90. The van der Waals surface area contributed by atoms with E-state index in [-0.39, 0.29) is 0 Å². The normalized spacial score (nSPS) is 18.2. The molecule has 3 heteroatoms. The molecule has 0 aromatic heterocycles. The predicted molar refractivity (Wildman–Crippen MR) is 108 cm³/mol. The summed E-state index contributed by atoms with van der Waals surface area (Å²) in [4.78, 5) is 0. The molecule has 1 saturated carbocycles. The molecule has 0 aliphatic heterocycles. The van der Waals surface area contributed by atoms with E-state index in [9.17, 15) is 0 Å². The summed E-state index contributed by atoms with van der Waals surface area (Å²) in [5.74, 6) is 0. The standard InChI is InChI=1S/C19H41NSi2/c1-10-21(8,9)15-20(19-13-11-12-14-19)22(16(2)3,17(4)5)18(6)7/h10,16-19H,1,11-15H2,2-9H3. The summed E-state index contributed by atoms with van der Waals surface area (Å²) in [6.45, 7) is 24.2. The zero-order valence-electron chi connectivity index (χ0n) is 16.6. The van der Waals surface area contributed by atoms with E-state index in [1.165, 1.54) is 31.9 Å². The molecule has 22 heavy (non-hydrogen) atoms. The van der Waals surface area contributed by atoms with Gasteiger partial charge in [-0.15, -0.1) is 12.3 Å². The first-order valence-corrected chi connectivity index (χ1v) is 15.0. The topological polar surface area (TPSA) is 3.24 Å². The van der Waals surface area contributed by atoms with Crippen LogP contribution < -0.4 is 0 Å². The van der Waals surface area contributed by atoms with Crippen molar-refractivity contribution in [3.63, 3.8) is 0 Å². The Bertz CT molecular complexity index is 333. The van der Waals surface area contributed by atoms with Gasteiger partial charge in [0, 0.05) is 6.04 Å². The maximum Gasteiger partial charge on any atom is 0.136 e. The van der Waals surface area contributed by atoms with E-state index in [1.807, 2.05) is 0 Å². The Morgan fingerprint density at radius 3 is 1.68 bits per heavy atom. The van der Waals surface area contributed by atoms with E-state index in [0.717, 1.165) is 22.7 Å². The Morgan fingerprint density at radius 1 is 0.955 bits per heavy atom. The summed E-state index contributed by atoms with van der Waals surface area (Å²) in [5.41, 5.74) is 4.78. The molecule has 0 saturated heterocycles. The second kappa shape index (κ2) is 7.80. The minimum absolute atomic E-state index is 0.822. The molecule has 0 amide bonds. The zero-order chi connectivity index (χ0) is 17.1. The Labute approximate surface area is 142 Å². The van der Waals surface area contributed by atoms with Crippen LogP contribution in [0.2, 0.25) is 29.7 Å². The van der Waals surface area contributed by atoms with Crippen molar-refractivity contribution in [3.05, 3.63) is 12.3 Å². The van der Waals surface area contributed by atoms with Gasteiger partial charge in [0.05, 0.1) is 8.07 Å². The van der Waals surface area contributed by atoms with Gasteiger partial charge in [-0.1, -0.05) is 67.5 Å². The van der Waals surface area contributed by atoms with Crippen LogP contribution in [0.1, 0.15) is 67.2 Å². The fourth-order valence-corrected chi connectivity index (χ4v) is 15.8. The lowest BCUT2D eigenvalue weighted by molar-refractivity contribution is 0.330. The zero-order valence-corrected chi connectivity index (χ0v) is 18.6. The van der Waals surface area contributed by atoms with E-state index in [1.54, 1.807) is 0 Å². The van der Waals surface area contributed by atoms with Crippen molar-refractivity contribution in [2.24, 2.45) is 0 Å². The second-order valence-electron chi connectivity index (χ2n) is 9.11. The van der Waals surface area contributed by atoms with Crippen LogP contribution in [0.25, 0.3) is 0 Å². The van der Waals surface area contributed by atoms with E-state index in [4.69, 9.17) is 0 Å². The van der Waals surface area contributed by atoms with Crippen LogP contribution in [0.5, 0.6) is 0 Å². The third kappa shape index (κ3) is 3.96. The van der Waals surface area contributed by atoms with Crippen LogP contribution in [0.3, 0.4) is 0 Å². The first-order valence-electron chi connectivity index (χ1n) is 9.50. The lowest BCUT2D eigenvalue weighted by Gasteiger charge is -2.55. The van der Waals surface area contributed by atoms with Crippen molar-refractivity contribution in [1.29, 1.82) is 0 Å². The SMILES string of the molecule is C=C[Si](C)(C)CN(C1CCCC1)[Si](C(C)C)(C(C)C)C(C)C. The average molecular weight is 340 g/mol. The molecule has 1 rings (SSSR count). The van der Waals surface area contributed by atoms with Gasteiger partial charge in [0.15, 0.2) is 0 Å². The Hall–Kier alpha value is 0.134. The lowest BCUT2D eigenvalue weighted by atomic mass is 10.3. The van der Waals surface area contributed by atoms with Crippen LogP contribution >= 0.6 is 0 Å². The molecule has 0 bridgehead atoms. The van der Waals surface area contributed by atoms with E-state index in [2.05, 4.69) is 71.5 Å². The molecule has 130 valence electrons. The van der Waals surface area contributed by atoms with Crippen LogP contribution in [-0.4, -0.2) is 33.1 Å². The van der Waals surface area contributed by atoms with Gasteiger partial charge < -0.3 is 4.57 Å². The minimum atomic E-state index is -1.53. The minimum Gasteiger partial charge on any atom is -0.322 e. The van der Waals surface area contributed by atoms with Crippen LogP contribution in [-0.2, 0) is 0 Å². The monoisotopic (exact) mass is 339 g/mol. The molecule has 0 spiro atoms.